The lowest BCUT2D eigenvalue weighted by Gasteiger charge is -2.17. The van der Waals surface area contributed by atoms with Gasteiger partial charge in [-0.15, -0.1) is 0 Å². The van der Waals surface area contributed by atoms with Gasteiger partial charge in [0.2, 0.25) is 0 Å². The van der Waals surface area contributed by atoms with E-state index in [0.717, 1.165) is 16.9 Å². The Morgan fingerprint density at radius 1 is 0.867 bits per heavy atom. The zero-order valence-corrected chi connectivity index (χ0v) is 17.7. The monoisotopic (exact) mass is 413 g/mol. The molecule has 0 unspecified atom stereocenters. The summed E-state index contributed by atoms with van der Waals surface area (Å²) in [6.07, 6.45) is 3.06. The number of rotatable bonds is 0. The lowest BCUT2D eigenvalue weighted by Crippen LogP contribution is -2.15. The SMILES string of the molecule is C.CC(C)(C)c1cc(F)c2c(N)ccnn12.CC(C)(C)c1ccc2c(N)ncnn12. The molecule has 4 aromatic rings. The van der Waals surface area contributed by atoms with Crippen LogP contribution in [0, 0.1) is 5.82 Å². The predicted octanol–water partition coefficient (Wildman–Crippen LogP) is 4.60. The highest BCUT2D eigenvalue weighted by molar-refractivity contribution is 5.70. The van der Waals surface area contributed by atoms with Crippen molar-refractivity contribution >= 4 is 22.5 Å². The van der Waals surface area contributed by atoms with Crippen molar-refractivity contribution in [2.75, 3.05) is 11.5 Å². The van der Waals surface area contributed by atoms with E-state index in [0.29, 0.717) is 17.0 Å². The molecule has 30 heavy (non-hydrogen) atoms. The van der Waals surface area contributed by atoms with Crippen LogP contribution in [-0.4, -0.2) is 24.2 Å². The fraction of sp³-hybridized carbons (Fsp3) is 0.409. The van der Waals surface area contributed by atoms with Gasteiger partial charge in [-0.25, -0.2) is 18.4 Å². The number of anilines is 2. The molecule has 0 saturated carbocycles. The van der Waals surface area contributed by atoms with Gasteiger partial charge in [-0.05, 0) is 24.3 Å². The lowest BCUT2D eigenvalue weighted by molar-refractivity contribution is 0.550. The molecule has 0 bridgehead atoms. The van der Waals surface area contributed by atoms with Gasteiger partial charge in [-0.2, -0.15) is 10.2 Å². The Balaban J connectivity index is 0.000000207. The summed E-state index contributed by atoms with van der Waals surface area (Å²) in [7, 11) is 0. The van der Waals surface area contributed by atoms with E-state index in [9.17, 15) is 4.39 Å². The number of hydrogen-bond acceptors (Lipinski definition) is 5. The molecule has 4 aromatic heterocycles. The van der Waals surface area contributed by atoms with Gasteiger partial charge in [0.25, 0.3) is 0 Å². The quantitative estimate of drug-likeness (QED) is 0.439. The second-order valence-electron chi connectivity index (χ2n) is 9.09. The minimum Gasteiger partial charge on any atom is -0.397 e. The molecule has 0 saturated heterocycles. The van der Waals surface area contributed by atoms with Crippen LogP contribution in [0.25, 0.3) is 11.0 Å². The molecule has 7 nitrogen and oxygen atoms in total. The van der Waals surface area contributed by atoms with E-state index in [-0.39, 0.29) is 24.1 Å². The summed E-state index contributed by atoms with van der Waals surface area (Å²) >= 11 is 0. The second kappa shape index (κ2) is 7.93. The maximum Gasteiger partial charge on any atom is 0.152 e. The molecule has 0 radical (unpaired) electrons. The van der Waals surface area contributed by atoms with Crippen LogP contribution >= 0.6 is 0 Å². The Bertz CT molecular complexity index is 1160. The molecule has 0 aromatic carbocycles. The zero-order chi connectivity index (χ0) is 21.6. The highest BCUT2D eigenvalue weighted by atomic mass is 19.1. The van der Waals surface area contributed by atoms with Gasteiger partial charge in [0.15, 0.2) is 11.6 Å². The number of aromatic nitrogens is 5. The highest BCUT2D eigenvalue weighted by Crippen LogP contribution is 2.28. The molecule has 0 aliphatic heterocycles. The molecule has 0 aliphatic carbocycles. The van der Waals surface area contributed by atoms with E-state index in [1.54, 1.807) is 16.8 Å². The molecule has 0 amide bonds. The summed E-state index contributed by atoms with van der Waals surface area (Å²) in [4.78, 5) is 3.95. The zero-order valence-electron chi connectivity index (χ0n) is 17.7. The minimum absolute atomic E-state index is 0. The van der Waals surface area contributed by atoms with Gasteiger partial charge < -0.3 is 11.5 Å². The van der Waals surface area contributed by atoms with E-state index >= 15 is 0 Å². The molecule has 0 spiro atoms. The Morgan fingerprint density at radius 2 is 1.50 bits per heavy atom. The normalized spacial score (nSPS) is 11.8. The van der Waals surface area contributed by atoms with Crippen molar-refractivity contribution < 1.29 is 4.39 Å². The third-order valence-corrected chi connectivity index (χ3v) is 4.66. The molecule has 4 N–H and O–H groups in total. The van der Waals surface area contributed by atoms with Crippen molar-refractivity contribution in [1.82, 2.24) is 24.2 Å². The van der Waals surface area contributed by atoms with Crippen LogP contribution in [0.15, 0.2) is 36.8 Å². The van der Waals surface area contributed by atoms with Crippen molar-refractivity contribution in [3.63, 3.8) is 0 Å². The van der Waals surface area contributed by atoms with E-state index in [4.69, 9.17) is 11.5 Å². The highest BCUT2D eigenvalue weighted by Gasteiger charge is 2.22. The summed E-state index contributed by atoms with van der Waals surface area (Å²) in [5.74, 6) is 0.209. The summed E-state index contributed by atoms with van der Waals surface area (Å²) in [5.41, 5.74) is 15.0. The maximum absolute atomic E-state index is 13.7. The van der Waals surface area contributed by atoms with Crippen LogP contribution in [0.1, 0.15) is 60.4 Å². The van der Waals surface area contributed by atoms with Crippen molar-refractivity contribution in [3.8, 4) is 0 Å². The summed E-state index contributed by atoms with van der Waals surface area (Å²) in [6.45, 7) is 12.5. The van der Waals surface area contributed by atoms with Crippen LogP contribution < -0.4 is 11.5 Å². The number of halogens is 1. The number of nitrogen functional groups attached to an aromatic ring is 2. The Hall–Kier alpha value is -3.16. The molecule has 0 fully saturated rings. The minimum atomic E-state index is -0.314. The van der Waals surface area contributed by atoms with Gasteiger partial charge in [0, 0.05) is 22.7 Å². The first-order chi connectivity index (χ1) is 13.4. The van der Waals surface area contributed by atoms with Crippen LogP contribution in [0.4, 0.5) is 15.9 Å². The van der Waals surface area contributed by atoms with E-state index < -0.39 is 0 Å². The number of fused-ring (bicyclic) bond motifs is 2. The average molecular weight is 414 g/mol. The maximum atomic E-state index is 13.7. The van der Waals surface area contributed by atoms with Crippen LogP contribution in [0.3, 0.4) is 0 Å². The number of nitrogens with two attached hydrogens (primary N) is 2. The van der Waals surface area contributed by atoms with Crippen LogP contribution in [-0.2, 0) is 10.8 Å². The molecule has 162 valence electrons. The summed E-state index contributed by atoms with van der Waals surface area (Å²) < 4.78 is 17.1. The molecule has 0 aliphatic rings. The smallest absolute Gasteiger partial charge is 0.152 e. The second-order valence-corrected chi connectivity index (χ2v) is 9.09. The third kappa shape index (κ3) is 4.22. The van der Waals surface area contributed by atoms with Gasteiger partial charge in [-0.3, -0.25) is 0 Å². The Morgan fingerprint density at radius 3 is 2.10 bits per heavy atom. The largest absolute Gasteiger partial charge is 0.397 e. The molecule has 4 rings (SSSR count). The van der Waals surface area contributed by atoms with Crippen LogP contribution in [0.5, 0.6) is 0 Å². The van der Waals surface area contributed by atoms with Gasteiger partial charge in [-0.1, -0.05) is 49.0 Å². The number of nitrogens with zero attached hydrogens (tertiary/aromatic N) is 5. The average Bonchev–Trinajstić information content (AvgIpc) is 3.18. The Kier molecular flexibility index (Phi) is 6.11. The first-order valence-electron chi connectivity index (χ1n) is 9.42. The van der Waals surface area contributed by atoms with Crippen molar-refractivity contribution in [1.29, 1.82) is 0 Å². The van der Waals surface area contributed by atoms with E-state index in [1.165, 1.54) is 12.4 Å². The molecule has 4 heterocycles. The fourth-order valence-electron chi connectivity index (χ4n) is 3.17. The van der Waals surface area contributed by atoms with Crippen molar-refractivity contribution in [2.45, 2.75) is 59.8 Å². The van der Waals surface area contributed by atoms with E-state index in [1.807, 2.05) is 37.4 Å². The van der Waals surface area contributed by atoms with Crippen LogP contribution in [0.2, 0.25) is 0 Å². The van der Waals surface area contributed by atoms with Gasteiger partial charge >= 0.3 is 0 Å². The predicted molar refractivity (Wildman–Crippen MR) is 121 cm³/mol. The topological polar surface area (TPSA) is 99.5 Å². The summed E-state index contributed by atoms with van der Waals surface area (Å²) in [5, 5.41) is 8.32. The lowest BCUT2D eigenvalue weighted by atomic mass is 9.92. The van der Waals surface area contributed by atoms with Crippen molar-refractivity contribution in [3.05, 3.63) is 54.0 Å². The van der Waals surface area contributed by atoms with Crippen molar-refractivity contribution in [2.24, 2.45) is 0 Å². The van der Waals surface area contributed by atoms with E-state index in [2.05, 4.69) is 36.0 Å². The Labute approximate surface area is 176 Å². The van der Waals surface area contributed by atoms with Gasteiger partial charge in [0.1, 0.15) is 17.4 Å². The third-order valence-electron chi connectivity index (χ3n) is 4.66. The molecular formula is C22H32FN7. The first-order valence-corrected chi connectivity index (χ1v) is 9.42. The standard InChI is InChI=1S/C11H14FN3.C10H14N4.CH4/c1-11(2,3)9-6-7(12)10-8(13)4-5-14-15(9)10;1-10(2,3)8-5-4-7-9(11)12-6-13-14(7)8;/h4-6H,13H2,1-3H3;4-6H,1-3H3,(H2,11,12,13);1H4. The molecule has 0 atom stereocenters. The molecule has 8 heteroatoms. The molecular weight excluding hydrogens is 381 g/mol. The first kappa shape index (κ1) is 23.1. The fourth-order valence-corrected chi connectivity index (χ4v) is 3.17. The van der Waals surface area contributed by atoms with Gasteiger partial charge in [0.05, 0.1) is 11.4 Å². The summed E-state index contributed by atoms with van der Waals surface area (Å²) in [6, 6.07) is 7.10. The number of hydrogen-bond donors (Lipinski definition) is 2.